The molecule has 5 nitrogen and oxygen atoms in total. The summed E-state index contributed by atoms with van der Waals surface area (Å²) in [6, 6.07) is 6.53. The fraction of sp³-hybridized carbons (Fsp3) is 0.524. The van der Waals surface area contributed by atoms with E-state index in [1.165, 1.54) is 11.1 Å². The van der Waals surface area contributed by atoms with Crippen LogP contribution in [0, 0.1) is 5.92 Å². The molecule has 3 heterocycles. The van der Waals surface area contributed by atoms with Gasteiger partial charge in [0.25, 0.3) is 0 Å². The van der Waals surface area contributed by atoms with Gasteiger partial charge in [-0.25, -0.2) is 4.98 Å². The number of piperidine rings is 1. The van der Waals surface area contributed by atoms with Crippen molar-refractivity contribution in [3.8, 4) is 5.75 Å². The molecule has 4 rings (SSSR count). The van der Waals surface area contributed by atoms with Gasteiger partial charge in [0, 0.05) is 44.9 Å². The molecule has 0 amide bonds. The second kappa shape index (κ2) is 6.54. The molecule has 0 aliphatic carbocycles. The first-order chi connectivity index (χ1) is 12.4. The minimum Gasteiger partial charge on any atom is -0.487 e. The quantitative estimate of drug-likeness (QED) is 0.792. The Kier molecular flexibility index (Phi) is 4.35. The molecule has 0 radical (unpaired) electrons. The fourth-order valence-electron chi connectivity index (χ4n) is 4.22. The minimum absolute atomic E-state index is 0.0431. The highest BCUT2D eigenvalue weighted by Gasteiger charge is 2.31. The molecule has 1 saturated heterocycles. The Morgan fingerprint density at radius 2 is 2.23 bits per heavy atom. The van der Waals surface area contributed by atoms with Gasteiger partial charge in [-0.05, 0) is 50.4 Å². The monoisotopic (exact) mass is 353 g/mol. The lowest BCUT2D eigenvalue weighted by atomic mass is 9.92. The predicted molar refractivity (Wildman–Crippen MR) is 100 cm³/mol. The number of nitrogens with zero attached hydrogens (tertiary/aromatic N) is 3. The summed E-state index contributed by atoms with van der Waals surface area (Å²) in [5.74, 6) is 1.81. The molecule has 0 N–H and O–H groups in total. The lowest BCUT2D eigenvalue weighted by Crippen LogP contribution is -2.38. The summed E-state index contributed by atoms with van der Waals surface area (Å²) in [6.45, 7) is 7.00. The van der Waals surface area contributed by atoms with Gasteiger partial charge in [0.05, 0.1) is 0 Å². The fourth-order valence-corrected chi connectivity index (χ4v) is 4.22. The van der Waals surface area contributed by atoms with Gasteiger partial charge >= 0.3 is 0 Å². The number of hydrogen-bond donors (Lipinski definition) is 0. The number of aryl methyl sites for hydroxylation is 1. The molecule has 0 spiro atoms. The topological polar surface area (TPSA) is 47.4 Å². The first-order valence-electron chi connectivity index (χ1n) is 9.46. The molecule has 2 aromatic rings. The second-order valence-electron chi connectivity index (χ2n) is 8.28. The van der Waals surface area contributed by atoms with Crippen LogP contribution in [-0.4, -0.2) is 38.9 Å². The van der Waals surface area contributed by atoms with Crippen LogP contribution in [0.4, 0.5) is 0 Å². The van der Waals surface area contributed by atoms with Crippen LogP contribution in [-0.2, 0) is 20.0 Å². The van der Waals surface area contributed by atoms with Crippen LogP contribution in [0.5, 0.6) is 5.75 Å². The number of Topliss-reactive ketones (excluding diaryl/α,β-unsaturated/α-hetero) is 1. The van der Waals surface area contributed by atoms with Gasteiger partial charge in [-0.3, -0.25) is 9.69 Å². The summed E-state index contributed by atoms with van der Waals surface area (Å²) < 4.78 is 7.80. The van der Waals surface area contributed by atoms with Crippen LogP contribution in [0.25, 0.3) is 0 Å². The third kappa shape index (κ3) is 3.40. The van der Waals surface area contributed by atoms with E-state index >= 15 is 0 Å². The number of ketones is 1. The summed E-state index contributed by atoms with van der Waals surface area (Å²) in [5, 5.41) is 0. The third-order valence-corrected chi connectivity index (χ3v) is 5.45. The van der Waals surface area contributed by atoms with Gasteiger partial charge in [0.15, 0.2) is 5.82 Å². The standard InChI is InChI=1S/C21H27N3O2/c1-21(2)12-17-11-15(6-7-18(17)26-21)13-24-9-4-5-16(14-24)19(25)20-22-8-10-23(20)3/h6-8,10-11,16H,4-5,9,12-14H2,1-3H3. The minimum atomic E-state index is -0.105. The maximum Gasteiger partial charge on any atom is 0.202 e. The average molecular weight is 353 g/mol. The number of hydrogen-bond acceptors (Lipinski definition) is 4. The zero-order valence-corrected chi connectivity index (χ0v) is 15.9. The molecule has 1 atom stereocenters. The van der Waals surface area contributed by atoms with Crippen molar-refractivity contribution in [3.05, 3.63) is 47.5 Å². The Balaban J connectivity index is 1.43. The third-order valence-electron chi connectivity index (χ3n) is 5.45. The SMILES string of the molecule is Cn1ccnc1C(=O)C1CCCN(Cc2ccc3c(c2)CC(C)(C)O3)C1. The summed E-state index contributed by atoms with van der Waals surface area (Å²) in [7, 11) is 1.88. The number of fused-ring (bicyclic) bond motifs is 1. The highest BCUT2D eigenvalue weighted by molar-refractivity contribution is 5.94. The van der Waals surface area contributed by atoms with Crippen molar-refractivity contribution in [2.75, 3.05) is 13.1 Å². The first-order valence-corrected chi connectivity index (χ1v) is 9.46. The number of rotatable bonds is 4. The zero-order chi connectivity index (χ0) is 18.3. The molecular formula is C21H27N3O2. The molecule has 1 fully saturated rings. The first kappa shape index (κ1) is 17.3. The Morgan fingerprint density at radius 3 is 3.00 bits per heavy atom. The van der Waals surface area contributed by atoms with E-state index in [-0.39, 0.29) is 17.3 Å². The number of likely N-dealkylation sites (tertiary alicyclic amines) is 1. The highest BCUT2D eigenvalue weighted by atomic mass is 16.5. The van der Waals surface area contributed by atoms with Crippen LogP contribution < -0.4 is 4.74 Å². The van der Waals surface area contributed by atoms with Gasteiger partial charge in [-0.2, -0.15) is 0 Å². The second-order valence-corrected chi connectivity index (χ2v) is 8.28. The molecule has 2 aliphatic rings. The normalized spacial score (nSPS) is 22.0. The lowest BCUT2D eigenvalue weighted by molar-refractivity contribution is 0.0797. The van der Waals surface area contributed by atoms with Crippen LogP contribution in [0.15, 0.2) is 30.6 Å². The maximum absolute atomic E-state index is 12.8. The van der Waals surface area contributed by atoms with Gasteiger partial charge in [-0.15, -0.1) is 0 Å². The molecular weight excluding hydrogens is 326 g/mol. The van der Waals surface area contributed by atoms with Crippen LogP contribution in [0.1, 0.15) is 48.4 Å². The van der Waals surface area contributed by atoms with Crippen molar-refractivity contribution in [1.82, 2.24) is 14.5 Å². The Labute approximate surface area is 155 Å². The Morgan fingerprint density at radius 1 is 1.38 bits per heavy atom. The highest BCUT2D eigenvalue weighted by Crippen LogP contribution is 2.35. The molecule has 2 aliphatic heterocycles. The largest absolute Gasteiger partial charge is 0.487 e. The van der Waals surface area contributed by atoms with E-state index in [9.17, 15) is 4.79 Å². The summed E-state index contributed by atoms with van der Waals surface area (Å²) in [6.07, 6.45) is 6.50. The van der Waals surface area contributed by atoms with E-state index in [0.717, 1.165) is 44.6 Å². The summed E-state index contributed by atoms with van der Waals surface area (Å²) in [4.78, 5) is 19.4. The van der Waals surface area contributed by atoms with Crippen molar-refractivity contribution in [3.63, 3.8) is 0 Å². The molecule has 0 saturated carbocycles. The molecule has 138 valence electrons. The van der Waals surface area contributed by atoms with Crippen molar-refractivity contribution >= 4 is 5.78 Å². The maximum atomic E-state index is 12.8. The van der Waals surface area contributed by atoms with Crippen LogP contribution in [0.2, 0.25) is 0 Å². The van der Waals surface area contributed by atoms with Crippen molar-refractivity contribution < 1.29 is 9.53 Å². The lowest BCUT2D eigenvalue weighted by Gasteiger charge is -2.31. The molecule has 5 heteroatoms. The number of carbonyl (C=O) groups is 1. The molecule has 1 aromatic carbocycles. The number of carbonyl (C=O) groups excluding carboxylic acids is 1. The van der Waals surface area contributed by atoms with Gasteiger partial charge < -0.3 is 9.30 Å². The molecule has 0 bridgehead atoms. The van der Waals surface area contributed by atoms with E-state index in [0.29, 0.717) is 5.82 Å². The van der Waals surface area contributed by atoms with E-state index in [1.54, 1.807) is 6.20 Å². The van der Waals surface area contributed by atoms with E-state index in [2.05, 4.69) is 41.9 Å². The Bertz CT molecular complexity index is 824. The molecule has 26 heavy (non-hydrogen) atoms. The molecule has 1 unspecified atom stereocenters. The van der Waals surface area contributed by atoms with Crippen molar-refractivity contribution in [2.45, 2.75) is 45.3 Å². The summed E-state index contributed by atoms with van der Waals surface area (Å²) in [5.41, 5.74) is 2.49. The number of benzene rings is 1. The molecule has 1 aromatic heterocycles. The van der Waals surface area contributed by atoms with Crippen LogP contribution in [0.3, 0.4) is 0 Å². The Hall–Kier alpha value is -2.14. The smallest absolute Gasteiger partial charge is 0.202 e. The van der Waals surface area contributed by atoms with E-state index < -0.39 is 0 Å². The number of ether oxygens (including phenoxy) is 1. The van der Waals surface area contributed by atoms with Gasteiger partial charge in [0.2, 0.25) is 5.78 Å². The summed E-state index contributed by atoms with van der Waals surface area (Å²) >= 11 is 0. The zero-order valence-electron chi connectivity index (χ0n) is 15.9. The van der Waals surface area contributed by atoms with E-state index in [1.807, 2.05) is 17.8 Å². The van der Waals surface area contributed by atoms with Crippen LogP contribution >= 0.6 is 0 Å². The van der Waals surface area contributed by atoms with Crippen molar-refractivity contribution in [1.29, 1.82) is 0 Å². The number of aromatic nitrogens is 2. The average Bonchev–Trinajstić information content (AvgIpc) is 3.15. The van der Waals surface area contributed by atoms with Gasteiger partial charge in [0.1, 0.15) is 11.4 Å². The van der Waals surface area contributed by atoms with Crippen molar-refractivity contribution in [2.24, 2.45) is 13.0 Å². The van der Waals surface area contributed by atoms with Gasteiger partial charge in [-0.1, -0.05) is 12.1 Å². The number of imidazole rings is 1. The van der Waals surface area contributed by atoms with E-state index in [4.69, 9.17) is 4.74 Å². The predicted octanol–water partition coefficient (Wildman–Crippen LogP) is 3.23.